The predicted octanol–water partition coefficient (Wildman–Crippen LogP) is 2.25. The summed E-state index contributed by atoms with van der Waals surface area (Å²) in [4.78, 5) is 11.6. The van der Waals surface area contributed by atoms with Crippen LogP contribution in [0, 0.1) is 0 Å². The maximum absolute atomic E-state index is 11.6. The quantitative estimate of drug-likeness (QED) is 0.719. The first-order valence-electron chi connectivity index (χ1n) is 6.56. The lowest BCUT2D eigenvalue weighted by atomic mass is 10.1. The van der Waals surface area contributed by atoms with Gasteiger partial charge in [-0.2, -0.15) is 0 Å². The van der Waals surface area contributed by atoms with Crippen molar-refractivity contribution in [3.05, 3.63) is 28.2 Å². The highest BCUT2D eigenvalue weighted by molar-refractivity contribution is 9.10. The Bertz CT molecular complexity index is 410. The largest absolute Gasteiger partial charge is 0.482 e. The second-order valence-electron chi connectivity index (χ2n) is 4.26. The summed E-state index contributed by atoms with van der Waals surface area (Å²) in [5.41, 5.74) is 6.58. The Morgan fingerprint density at radius 2 is 2.26 bits per heavy atom. The van der Waals surface area contributed by atoms with Crippen LogP contribution in [0.15, 0.2) is 22.7 Å². The lowest BCUT2D eigenvalue weighted by molar-refractivity contribution is -0.123. The van der Waals surface area contributed by atoms with Crippen LogP contribution >= 0.6 is 15.9 Å². The van der Waals surface area contributed by atoms with Gasteiger partial charge in [0.15, 0.2) is 6.61 Å². The fourth-order valence-electron chi connectivity index (χ4n) is 1.66. The molecule has 0 bridgehead atoms. The van der Waals surface area contributed by atoms with Crippen molar-refractivity contribution in [2.24, 2.45) is 5.73 Å². The van der Waals surface area contributed by atoms with Crippen LogP contribution in [0.1, 0.15) is 25.3 Å². The van der Waals surface area contributed by atoms with Gasteiger partial charge in [0.2, 0.25) is 0 Å². The van der Waals surface area contributed by atoms with Gasteiger partial charge in [-0.3, -0.25) is 4.79 Å². The molecule has 5 heteroatoms. The summed E-state index contributed by atoms with van der Waals surface area (Å²) < 4.78 is 6.45. The summed E-state index contributed by atoms with van der Waals surface area (Å²) >= 11 is 3.43. The number of amides is 1. The zero-order valence-corrected chi connectivity index (χ0v) is 12.8. The molecule has 0 saturated carbocycles. The zero-order valence-electron chi connectivity index (χ0n) is 11.2. The molecule has 4 nitrogen and oxygen atoms in total. The highest BCUT2D eigenvalue weighted by Gasteiger charge is 2.09. The monoisotopic (exact) mass is 328 g/mol. The maximum atomic E-state index is 11.6. The smallest absolute Gasteiger partial charge is 0.257 e. The number of hydrogen-bond acceptors (Lipinski definition) is 3. The maximum Gasteiger partial charge on any atom is 0.257 e. The molecule has 1 rings (SSSR count). The molecule has 0 heterocycles. The molecule has 0 aromatic heterocycles. The summed E-state index contributed by atoms with van der Waals surface area (Å²) in [6.45, 7) is 3.37. The normalized spacial score (nSPS) is 10.3. The van der Waals surface area contributed by atoms with Crippen LogP contribution in [0.2, 0.25) is 0 Å². The molecular weight excluding hydrogens is 308 g/mol. The van der Waals surface area contributed by atoms with Crippen LogP contribution in [-0.2, 0) is 11.2 Å². The van der Waals surface area contributed by atoms with Crippen molar-refractivity contribution >= 4 is 21.8 Å². The summed E-state index contributed by atoms with van der Waals surface area (Å²) in [7, 11) is 0. The van der Waals surface area contributed by atoms with Gasteiger partial charge < -0.3 is 15.8 Å². The number of carbonyl (C=O) groups is 1. The van der Waals surface area contributed by atoms with E-state index in [9.17, 15) is 4.79 Å². The van der Waals surface area contributed by atoms with E-state index < -0.39 is 0 Å². The summed E-state index contributed by atoms with van der Waals surface area (Å²) in [6.07, 6.45) is 2.78. The molecule has 1 aromatic rings. The van der Waals surface area contributed by atoms with Gasteiger partial charge in [-0.15, -0.1) is 0 Å². The lowest BCUT2D eigenvalue weighted by Gasteiger charge is -2.12. The summed E-state index contributed by atoms with van der Waals surface area (Å²) in [5.74, 6) is 0.612. The first kappa shape index (κ1) is 16.0. The molecule has 0 aliphatic rings. The van der Waals surface area contributed by atoms with E-state index in [0.29, 0.717) is 18.8 Å². The first-order chi connectivity index (χ1) is 9.19. The first-order valence-corrected chi connectivity index (χ1v) is 7.35. The molecule has 0 unspecified atom stereocenters. The molecule has 106 valence electrons. The number of hydrogen-bond donors (Lipinski definition) is 2. The molecule has 0 aliphatic carbocycles. The molecule has 0 saturated heterocycles. The van der Waals surface area contributed by atoms with E-state index in [1.807, 2.05) is 18.2 Å². The molecule has 19 heavy (non-hydrogen) atoms. The highest BCUT2D eigenvalue weighted by Crippen LogP contribution is 2.29. The molecule has 3 N–H and O–H groups in total. The standard InChI is InChI=1S/C14H21BrN2O2/c1-2-3-9-17-13(18)10-19-14-11(7-8-16)5-4-6-12(14)15/h4-6H,2-3,7-10,16H2,1H3,(H,17,18). The fraction of sp³-hybridized carbons (Fsp3) is 0.500. The van der Waals surface area contributed by atoms with Crippen LogP contribution in [0.25, 0.3) is 0 Å². The molecule has 0 fully saturated rings. The second kappa shape index (κ2) is 8.93. The average Bonchev–Trinajstić information content (AvgIpc) is 2.39. The Kier molecular flexibility index (Phi) is 7.52. The molecule has 1 amide bonds. The van der Waals surface area contributed by atoms with Crippen molar-refractivity contribution in [3.63, 3.8) is 0 Å². The second-order valence-corrected chi connectivity index (χ2v) is 5.11. The van der Waals surface area contributed by atoms with E-state index in [1.54, 1.807) is 0 Å². The zero-order chi connectivity index (χ0) is 14.1. The van der Waals surface area contributed by atoms with Gasteiger partial charge in [0, 0.05) is 6.54 Å². The third-order valence-electron chi connectivity index (χ3n) is 2.66. The molecule has 1 aromatic carbocycles. The molecule has 0 aliphatic heterocycles. The van der Waals surface area contributed by atoms with Crippen molar-refractivity contribution < 1.29 is 9.53 Å². The fourth-order valence-corrected chi connectivity index (χ4v) is 2.18. The van der Waals surface area contributed by atoms with E-state index in [1.165, 1.54) is 0 Å². The number of carbonyl (C=O) groups excluding carboxylic acids is 1. The van der Waals surface area contributed by atoms with E-state index >= 15 is 0 Å². The van der Waals surface area contributed by atoms with Crippen molar-refractivity contribution in [2.75, 3.05) is 19.7 Å². The molecular formula is C14H21BrN2O2. The van der Waals surface area contributed by atoms with Gasteiger partial charge in [-0.25, -0.2) is 0 Å². The predicted molar refractivity (Wildman–Crippen MR) is 80.3 cm³/mol. The number of ether oxygens (including phenoxy) is 1. The number of unbranched alkanes of at least 4 members (excludes halogenated alkanes) is 1. The van der Waals surface area contributed by atoms with Crippen LogP contribution < -0.4 is 15.8 Å². The molecule has 0 radical (unpaired) electrons. The third-order valence-corrected chi connectivity index (χ3v) is 3.29. The Morgan fingerprint density at radius 3 is 2.95 bits per heavy atom. The van der Waals surface area contributed by atoms with Gasteiger partial charge >= 0.3 is 0 Å². The Labute approximate surface area is 122 Å². The van der Waals surface area contributed by atoms with Crippen LogP contribution in [0.3, 0.4) is 0 Å². The van der Waals surface area contributed by atoms with E-state index in [0.717, 1.165) is 29.3 Å². The topological polar surface area (TPSA) is 64.3 Å². The molecule has 0 atom stereocenters. The lowest BCUT2D eigenvalue weighted by Crippen LogP contribution is -2.29. The SMILES string of the molecule is CCCCNC(=O)COc1c(Br)cccc1CCN. The van der Waals surface area contributed by atoms with Gasteiger partial charge in [0.05, 0.1) is 4.47 Å². The number of para-hydroxylation sites is 1. The Morgan fingerprint density at radius 1 is 1.47 bits per heavy atom. The number of nitrogens with two attached hydrogens (primary N) is 1. The highest BCUT2D eigenvalue weighted by atomic mass is 79.9. The van der Waals surface area contributed by atoms with E-state index in [4.69, 9.17) is 10.5 Å². The van der Waals surface area contributed by atoms with E-state index in [-0.39, 0.29) is 12.5 Å². The van der Waals surface area contributed by atoms with Crippen LogP contribution in [0.4, 0.5) is 0 Å². The number of halogens is 1. The van der Waals surface area contributed by atoms with Gasteiger partial charge in [-0.1, -0.05) is 25.5 Å². The van der Waals surface area contributed by atoms with Crippen molar-refractivity contribution in [3.8, 4) is 5.75 Å². The van der Waals surface area contributed by atoms with Crippen molar-refractivity contribution in [2.45, 2.75) is 26.2 Å². The van der Waals surface area contributed by atoms with E-state index in [2.05, 4.69) is 28.2 Å². The Hall–Kier alpha value is -1.07. The minimum absolute atomic E-state index is 0.0316. The number of rotatable bonds is 8. The number of benzene rings is 1. The van der Waals surface area contributed by atoms with Gasteiger partial charge in [-0.05, 0) is 46.9 Å². The van der Waals surface area contributed by atoms with Gasteiger partial charge in [0.1, 0.15) is 5.75 Å². The minimum Gasteiger partial charge on any atom is -0.482 e. The van der Waals surface area contributed by atoms with Crippen LogP contribution in [-0.4, -0.2) is 25.6 Å². The summed E-state index contributed by atoms with van der Waals surface area (Å²) in [6, 6.07) is 5.79. The Balaban J connectivity index is 2.54. The minimum atomic E-state index is -0.0945. The number of nitrogens with one attached hydrogen (secondary N) is 1. The average molecular weight is 329 g/mol. The third kappa shape index (κ3) is 5.61. The molecule has 0 spiro atoms. The van der Waals surface area contributed by atoms with Crippen molar-refractivity contribution in [1.82, 2.24) is 5.32 Å². The van der Waals surface area contributed by atoms with Crippen LogP contribution in [0.5, 0.6) is 5.75 Å². The van der Waals surface area contributed by atoms with Gasteiger partial charge in [0.25, 0.3) is 5.91 Å². The van der Waals surface area contributed by atoms with Crippen molar-refractivity contribution in [1.29, 1.82) is 0 Å². The summed E-state index contributed by atoms with van der Waals surface area (Å²) in [5, 5.41) is 2.82.